The van der Waals surface area contributed by atoms with Gasteiger partial charge >= 0.3 is 12.5 Å². The van der Waals surface area contributed by atoms with Crippen molar-refractivity contribution < 1.29 is 31.1 Å². The Hall–Kier alpha value is -0.990. The van der Waals surface area contributed by atoms with Gasteiger partial charge in [-0.15, -0.1) is 13.2 Å². The largest absolute Gasteiger partial charge is 0.574 e. The van der Waals surface area contributed by atoms with Crippen molar-refractivity contribution in [1.29, 1.82) is 0 Å². The minimum absolute atomic E-state index is 0.517. The van der Waals surface area contributed by atoms with Crippen LogP contribution in [0.1, 0.15) is 11.3 Å². The van der Waals surface area contributed by atoms with E-state index >= 15 is 0 Å². The van der Waals surface area contributed by atoms with Crippen molar-refractivity contribution in [1.82, 2.24) is 4.98 Å². The molecule has 0 bridgehead atoms. The molecule has 0 aliphatic carbocycles. The fourth-order valence-electron chi connectivity index (χ4n) is 1.12. The second-order valence-corrected chi connectivity index (χ2v) is 3.80. The van der Waals surface area contributed by atoms with Crippen LogP contribution >= 0.6 is 15.9 Å². The normalized spacial score (nSPS) is 12.7. The number of aromatic nitrogens is 1. The zero-order valence-corrected chi connectivity index (χ0v) is 9.66. The molecular formula is C8H4BrF6NO. The summed E-state index contributed by atoms with van der Waals surface area (Å²) in [5.74, 6) is -0.949. The zero-order chi connectivity index (χ0) is 13.4. The van der Waals surface area contributed by atoms with Crippen molar-refractivity contribution in [2.24, 2.45) is 0 Å². The van der Waals surface area contributed by atoms with Crippen LogP contribution in [0.4, 0.5) is 26.3 Å². The van der Waals surface area contributed by atoms with Gasteiger partial charge in [0.05, 0.1) is 11.3 Å². The van der Waals surface area contributed by atoms with Gasteiger partial charge in [0.15, 0.2) is 0 Å². The maximum atomic E-state index is 12.4. The van der Waals surface area contributed by atoms with Crippen LogP contribution in [0.3, 0.4) is 0 Å². The lowest BCUT2D eigenvalue weighted by Crippen LogP contribution is -2.19. The molecule has 0 aliphatic rings. The minimum atomic E-state index is -5.00. The average molecular weight is 324 g/mol. The molecule has 0 aromatic carbocycles. The lowest BCUT2D eigenvalue weighted by Gasteiger charge is -2.14. The molecule has 1 aromatic rings. The quantitative estimate of drug-likeness (QED) is 0.727. The third kappa shape index (κ3) is 3.76. The van der Waals surface area contributed by atoms with Crippen LogP contribution < -0.4 is 4.74 Å². The Balaban J connectivity index is 3.19. The number of ether oxygens (including phenoxy) is 1. The fraction of sp³-hybridized carbons (Fsp3) is 0.375. The molecule has 17 heavy (non-hydrogen) atoms. The Morgan fingerprint density at radius 2 is 1.71 bits per heavy atom. The highest BCUT2D eigenvalue weighted by molar-refractivity contribution is 9.10. The summed E-state index contributed by atoms with van der Waals surface area (Å²) < 4.78 is 75.7. The number of hydrogen-bond donors (Lipinski definition) is 0. The second-order valence-electron chi connectivity index (χ2n) is 2.95. The maximum absolute atomic E-state index is 12.4. The standard InChI is InChI=1S/C8H4BrF6NO/c1-3-6(7(10,11)12)4(9)2-5(16-3)17-8(13,14)15/h2H,1H3. The first-order chi connectivity index (χ1) is 7.50. The predicted molar refractivity (Wildman–Crippen MR) is 48.4 cm³/mol. The molecule has 0 N–H and O–H groups in total. The van der Waals surface area contributed by atoms with E-state index in [0.29, 0.717) is 6.07 Å². The molecule has 2 nitrogen and oxygen atoms in total. The van der Waals surface area contributed by atoms with Gasteiger partial charge in [-0.2, -0.15) is 13.2 Å². The van der Waals surface area contributed by atoms with Gasteiger partial charge in [-0.1, -0.05) is 0 Å². The van der Waals surface area contributed by atoms with Gasteiger partial charge in [0.1, 0.15) is 0 Å². The Morgan fingerprint density at radius 1 is 1.18 bits per heavy atom. The van der Waals surface area contributed by atoms with Gasteiger partial charge in [-0.3, -0.25) is 0 Å². The van der Waals surface area contributed by atoms with Crippen molar-refractivity contribution in [3.05, 3.63) is 21.8 Å². The van der Waals surface area contributed by atoms with E-state index < -0.39 is 34.1 Å². The van der Waals surface area contributed by atoms with Crippen LogP contribution in [0.5, 0.6) is 5.88 Å². The number of hydrogen-bond acceptors (Lipinski definition) is 2. The van der Waals surface area contributed by atoms with Gasteiger partial charge in [0.2, 0.25) is 5.88 Å². The highest BCUT2D eigenvalue weighted by Gasteiger charge is 2.37. The second kappa shape index (κ2) is 4.35. The lowest BCUT2D eigenvalue weighted by molar-refractivity contribution is -0.276. The van der Waals surface area contributed by atoms with Crippen LogP contribution in [-0.4, -0.2) is 11.3 Å². The van der Waals surface area contributed by atoms with Crippen LogP contribution in [-0.2, 0) is 6.18 Å². The van der Waals surface area contributed by atoms with Crippen molar-refractivity contribution >= 4 is 15.9 Å². The van der Waals surface area contributed by atoms with Crippen molar-refractivity contribution in [2.75, 3.05) is 0 Å². The first-order valence-corrected chi connectivity index (χ1v) is 4.80. The van der Waals surface area contributed by atoms with Crippen LogP contribution in [0, 0.1) is 6.92 Å². The Labute approximate surface area is 99.7 Å². The number of halogens is 7. The molecule has 0 radical (unpaired) electrons. The van der Waals surface area contributed by atoms with Crippen LogP contribution in [0.15, 0.2) is 10.5 Å². The van der Waals surface area contributed by atoms with Gasteiger partial charge in [0, 0.05) is 10.5 Å². The van der Waals surface area contributed by atoms with Crippen LogP contribution in [0.2, 0.25) is 0 Å². The highest BCUT2D eigenvalue weighted by atomic mass is 79.9. The number of alkyl halides is 6. The average Bonchev–Trinajstić information content (AvgIpc) is 1.94. The molecular weight excluding hydrogens is 320 g/mol. The zero-order valence-electron chi connectivity index (χ0n) is 8.08. The predicted octanol–water partition coefficient (Wildman–Crippen LogP) is 4.07. The number of pyridine rings is 1. The SMILES string of the molecule is Cc1nc(OC(F)(F)F)cc(Br)c1C(F)(F)F. The smallest absolute Gasteiger partial charge is 0.388 e. The number of aryl methyl sites for hydroxylation is 1. The molecule has 1 rings (SSSR count). The van der Waals surface area contributed by atoms with Crippen molar-refractivity contribution in [3.63, 3.8) is 0 Å². The molecule has 0 saturated carbocycles. The van der Waals surface area contributed by atoms with E-state index in [4.69, 9.17) is 0 Å². The molecule has 0 unspecified atom stereocenters. The van der Waals surface area contributed by atoms with Crippen LogP contribution in [0.25, 0.3) is 0 Å². The summed E-state index contributed by atoms with van der Waals surface area (Å²) in [5, 5.41) is 0. The van der Waals surface area contributed by atoms with E-state index in [1.54, 1.807) is 0 Å². The van der Waals surface area contributed by atoms with Gasteiger partial charge in [-0.25, -0.2) is 4.98 Å². The summed E-state index contributed by atoms with van der Waals surface area (Å²) >= 11 is 2.53. The summed E-state index contributed by atoms with van der Waals surface area (Å²) in [6, 6.07) is 0.517. The third-order valence-corrected chi connectivity index (χ3v) is 2.26. The number of rotatable bonds is 1. The van der Waals surface area contributed by atoms with E-state index in [0.717, 1.165) is 6.92 Å². The van der Waals surface area contributed by atoms with E-state index in [1.807, 2.05) is 0 Å². The van der Waals surface area contributed by atoms with E-state index in [9.17, 15) is 26.3 Å². The summed E-state index contributed by atoms with van der Waals surface area (Å²) in [7, 11) is 0. The Morgan fingerprint density at radius 3 is 2.06 bits per heavy atom. The molecule has 1 heterocycles. The fourth-order valence-corrected chi connectivity index (χ4v) is 1.83. The summed E-state index contributed by atoms with van der Waals surface area (Å²) in [6.07, 6.45) is -9.70. The molecule has 0 aliphatic heterocycles. The first kappa shape index (κ1) is 14.1. The summed E-state index contributed by atoms with van der Waals surface area (Å²) in [6.45, 7) is 0.941. The maximum Gasteiger partial charge on any atom is 0.574 e. The number of nitrogens with zero attached hydrogens (tertiary/aromatic N) is 1. The summed E-state index contributed by atoms with van der Waals surface area (Å²) in [4.78, 5) is 3.09. The van der Waals surface area contributed by atoms with Crippen molar-refractivity contribution in [2.45, 2.75) is 19.5 Å². The molecule has 0 saturated heterocycles. The molecule has 0 amide bonds. The minimum Gasteiger partial charge on any atom is -0.388 e. The topological polar surface area (TPSA) is 22.1 Å². The first-order valence-electron chi connectivity index (χ1n) is 4.01. The Bertz CT molecular complexity index is 404. The monoisotopic (exact) mass is 323 g/mol. The van der Waals surface area contributed by atoms with Gasteiger partial charge in [0.25, 0.3) is 0 Å². The van der Waals surface area contributed by atoms with E-state index in [1.165, 1.54) is 0 Å². The molecule has 0 spiro atoms. The van der Waals surface area contributed by atoms with Crippen molar-refractivity contribution in [3.8, 4) is 5.88 Å². The van der Waals surface area contributed by atoms with Gasteiger partial charge in [-0.05, 0) is 22.9 Å². The molecule has 0 atom stereocenters. The molecule has 1 aromatic heterocycles. The lowest BCUT2D eigenvalue weighted by atomic mass is 10.2. The molecule has 0 fully saturated rings. The Kier molecular flexibility index (Phi) is 3.60. The van der Waals surface area contributed by atoms with E-state index in [-0.39, 0.29) is 0 Å². The molecule has 9 heteroatoms. The van der Waals surface area contributed by atoms with Gasteiger partial charge < -0.3 is 4.74 Å². The summed E-state index contributed by atoms with van der Waals surface area (Å²) in [5.41, 5.74) is -1.74. The third-order valence-electron chi connectivity index (χ3n) is 1.63. The molecule has 96 valence electrons. The van der Waals surface area contributed by atoms with E-state index in [2.05, 4.69) is 25.7 Å². The highest BCUT2D eigenvalue weighted by Crippen LogP contribution is 2.38.